The van der Waals surface area contributed by atoms with Crippen molar-refractivity contribution in [3.63, 3.8) is 0 Å². The Labute approximate surface area is 207 Å². The maximum atomic E-state index is 14.6. The van der Waals surface area contributed by atoms with Crippen LogP contribution in [0.15, 0.2) is 67.0 Å². The number of aromatic nitrogens is 5. The standard InChI is InChI=1S/C29H24FN5O/c1-2-20(36)13-19-11-10-17(15-31-19)18-12-24-28(34-35-29(24)32-16-18)27-14-23-21(7-5-9-26(23)33-27)22-6-3-4-8-25(22)30/h3-6,8-12,14-16,21,33H,2,7,13H2,1H3,(H,32,34,35). The number of allylic oxidation sites excluding steroid dienone is 1. The molecule has 1 atom stereocenters. The van der Waals surface area contributed by atoms with Gasteiger partial charge >= 0.3 is 0 Å². The molecule has 4 aromatic heterocycles. The summed E-state index contributed by atoms with van der Waals surface area (Å²) >= 11 is 0. The molecular formula is C29H24FN5O. The van der Waals surface area contributed by atoms with Crippen LogP contribution < -0.4 is 0 Å². The number of nitrogens with one attached hydrogen (secondary N) is 2. The van der Waals surface area contributed by atoms with Gasteiger partial charge in [0.25, 0.3) is 0 Å². The molecule has 2 N–H and O–H groups in total. The number of pyridine rings is 2. The maximum absolute atomic E-state index is 14.6. The van der Waals surface area contributed by atoms with Crippen molar-refractivity contribution in [2.24, 2.45) is 0 Å². The van der Waals surface area contributed by atoms with Crippen LogP contribution in [0.1, 0.15) is 48.2 Å². The van der Waals surface area contributed by atoms with Crippen molar-refractivity contribution in [3.05, 3.63) is 95.3 Å². The second kappa shape index (κ2) is 9.00. The molecule has 1 unspecified atom stereocenters. The van der Waals surface area contributed by atoms with Gasteiger partial charge in [0.2, 0.25) is 0 Å². The fourth-order valence-corrected chi connectivity index (χ4v) is 4.84. The summed E-state index contributed by atoms with van der Waals surface area (Å²) in [5, 5.41) is 8.40. The maximum Gasteiger partial charge on any atom is 0.181 e. The van der Waals surface area contributed by atoms with Gasteiger partial charge in [0, 0.05) is 59.1 Å². The van der Waals surface area contributed by atoms with E-state index in [9.17, 15) is 9.18 Å². The number of rotatable bonds is 6. The molecule has 1 aromatic carbocycles. The van der Waals surface area contributed by atoms with Crippen LogP contribution in [-0.4, -0.2) is 30.9 Å². The van der Waals surface area contributed by atoms with Gasteiger partial charge in [-0.1, -0.05) is 37.3 Å². The average molecular weight is 478 g/mol. The zero-order valence-electron chi connectivity index (χ0n) is 19.8. The molecule has 5 aromatic rings. The Balaban J connectivity index is 1.36. The smallest absolute Gasteiger partial charge is 0.181 e. The molecular weight excluding hydrogens is 453 g/mol. The summed E-state index contributed by atoms with van der Waals surface area (Å²) < 4.78 is 14.6. The lowest BCUT2D eigenvalue weighted by molar-refractivity contribution is -0.118. The first-order valence-electron chi connectivity index (χ1n) is 12.1. The van der Waals surface area contributed by atoms with Crippen molar-refractivity contribution in [3.8, 4) is 22.5 Å². The number of halogens is 1. The van der Waals surface area contributed by atoms with Crippen molar-refractivity contribution in [1.29, 1.82) is 0 Å². The lowest BCUT2D eigenvalue weighted by Crippen LogP contribution is -2.06. The lowest BCUT2D eigenvalue weighted by atomic mass is 9.85. The van der Waals surface area contributed by atoms with Gasteiger partial charge in [0.05, 0.1) is 11.4 Å². The van der Waals surface area contributed by atoms with E-state index in [1.54, 1.807) is 18.5 Å². The van der Waals surface area contributed by atoms with Crippen LogP contribution in [0.4, 0.5) is 4.39 Å². The third-order valence-corrected chi connectivity index (χ3v) is 6.80. The van der Waals surface area contributed by atoms with E-state index < -0.39 is 0 Å². The summed E-state index contributed by atoms with van der Waals surface area (Å²) in [6.07, 6.45) is 9.28. The molecule has 36 heavy (non-hydrogen) atoms. The topological polar surface area (TPSA) is 87.3 Å². The number of fused-ring (bicyclic) bond motifs is 2. The molecule has 4 heterocycles. The Kier molecular flexibility index (Phi) is 5.52. The molecule has 1 aliphatic rings. The van der Waals surface area contributed by atoms with E-state index in [1.807, 2.05) is 37.3 Å². The van der Waals surface area contributed by atoms with Crippen molar-refractivity contribution in [1.82, 2.24) is 25.1 Å². The van der Waals surface area contributed by atoms with Gasteiger partial charge in [-0.05, 0) is 47.9 Å². The zero-order chi connectivity index (χ0) is 24.6. The predicted octanol–water partition coefficient (Wildman–Crippen LogP) is 6.22. The van der Waals surface area contributed by atoms with Gasteiger partial charge in [-0.3, -0.25) is 14.9 Å². The van der Waals surface area contributed by atoms with Crippen LogP contribution in [0.2, 0.25) is 0 Å². The third kappa shape index (κ3) is 3.92. The summed E-state index contributed by atoms with van der Waals surface area (Å²) in [5.74, 6) is -0.0728. The summed E-state index contributed by atoms with van der Waals surface area (Å²) in [7, 11) is 0. The fourth-order valence-electron chi connectivity index (χ4n) is 4.84. The summed E-state index contributed by atoms with van der Waals surface area (Å²) in [6, 6.07) is 14.9. The predicted molar refractivity (Wildman–Crippen MR) is 138 cm³/mol. The molecule has 0 aliphatic heterocycles. The van der Waals surface area contributed by atoms with Crippen molar-refractivity contribution in [2.45, 2.75) is 32.1 Å². The number of hydrogen-bond donors (Lipinski definition) is 2. The first-order valence-corrected chi connectivity index (χ1v) is 12.1. The van der Waals surface area contributed by atoms with Crippen LogP contribution in [0.3, 0.4) is 0 Å². The van der Waals surface area contributed by atoms with E-state index in [-0.39, 0.29) is 17.5 Å². The van der Waals surface area contributed by atoms with E-state index in [0.29, 0.717) is 24.1 Å². The Hall–Kier alpha value is -4.39. The Morgan fingerprint density at radius 2 is 1.92 bits per heavy atom. The number of benzene rings is 1. The molecule has 1 aliphatic carbocycles. The number of nitrogens with zero attached hydrogens (tertiary/aromatic N) is 3. The van der Waals surface area contributed by atoms with Gasteiger partial charge in [0.15, 0.2) is 5.65 Å². The Bertz CT molecular complexity index is 1610. The number of aromatic amines is 2. The molecule has 178 valence electrons. The number of hydrogen-bond acceptors (Lipinski definition) is 4. The van der Waals surface area contributed by atoms with Gasteiger partial charge in [-0.2, -0.15) is 5.10 Å². The molecule has 0 radical (unpaired) electrons. The third-order valence-electron chi connectivity index (χ3n) is 6.80. The lowest BCUT2D eigenvalue weighted by Gasteiger charge is -2.19. The van der Waals surface area contributed by atoms with E-state index in [1.165, 1.54) is 6.07 Å². The van der Waals surface area contributed by atoms with Crippen molar-refractivity contribution < 1.29 is 9.18 Å². The minimum Gasteiger partial charge on any atom is -0.354 e. The van der Waals surface area contributed by atoms with Gasteiger partial charge in [-0.25, -0.2) is 9.37 Å². The minimum atomic E-state index is -0.189. The fraction of sp³-hybridized carbons (Fsp3) is 0.172. The first-order chi connectivity index (χ1) is 17.6. The number of carbonyl (C=O) groups excluding carboxylic acids is 1. The first kappa shape index (κ1) is 22.1. The molecule has 6 nitrogen and oxygen atoms in total. The summed E-state index contributed by atoms with van der Waals surface area (Å²) in [4.78, 5) is 24.2. The molecule has 0 bridgehead atoms. The monoisotopic (exact) mass is 477 g/mol. The normalized spacial score (nSPS) is 14.8. The molecule has 0 fully saturated rings. The van der Waals surface area contributed by atoms with Crippen LogP contribution in [-0.2, 0) is 11.2 Å². The largest absolute Gasteiger partial charge is 0.354 e. The molecule has 0 saturated carbocycles. The van der Waals surface area contributed by atoms with Gasteiger partial charge < -0.3 is 4.98 Å². The van der Waals surface area contributed by atoms with Crippen LogP contribution in [0.25, 0.3) is 39.6 Å². The number of H-pyrrole nitrogens is 2. The second-order valence-electron chi connectivity index (χ2n) is 9.07. The number of Topliss-reactive ketones (excluding diaryl/α,β-unsaturated/α-hetero) is 1. The highest BCUT2D eigenvalue weighted by Crippen LogP contribution is 2.39. The van der Waals surface area contributed by atoms with E-state index in [2.05, 4.69) is 43.4 Å². The van der Waals surface area contributed by atoms with Crippen LogP contribution in [0, 0.1) is 5.82 Å². The quantitative estimate of drug-likeness (QED) is 0.304. The van der Waals surface area contributed by atoms with E-state index in [4.69, 9.17) is 0 Å². The van der Waals surface area contributed by atoms with Crippen LogP contribution >= 0.6 is 0 Å². The Morgan fingerprint density at radius 1 is 1.06 bits per heavy atom. The Morgan fingerprint density at radius 3 is 2.72 bits per heavy atom. The molecule has 0 saturated heterocycles. The number of carbonyl (C=O) groups is 1. The van der Waals surface area contributed by atoms with Crippen molar-refractivity contribution in [2.75, 3.05) is 0 Å². The molecule has 7 heteroatoms. The summed E-state index contributed by atoms with van der Waals surface area (Å²) in [6.45, 7) is 1.86. The average Bonchev–Trinajstić information content (AvgIpc) is 3.53. The molecule has 0 spiro atoms. The zero-order valence-corrected chi connectivity index (χ0v) is 19.8. The second-order valence-corrected chi connectivity index (χ2v) is 9.07. The minimum absolute atomic E-state index is 0.0525. The van der Waals surface area contributed by atoms with E-state index in [0.717, 1.165) is 51.3 Å². The highest BCUT2D eigenvalue weighted by Gasteiger charge is 2.25. The van der Waals surface area contributed by atoms with E-state index >= 15 is 0 Å². The van der Waals surface area contributed by atoms with Gasteiger partial charge in [-0.15, -0.1) is 0 Å². The SMILES string of the molecule is CCC(=O)Cc1ccc(-c2cnc3n[nH]c(-c4cc5c([nH]4)C=CCC5c4ccccc4F)c3c2)cn1. The highest BCUT2D eigenvalue weighted by molar-refractivity contribution is 5.93. The van der Waals surface area contributed by atoms with Crippen molar-refractivity contribution >= 4 is 22.9 Å². The molecule has 0 amide bonds. The number of ketones is 1. The van der Waals surface area contributed by atoms with Gasteiger partial charge in [0.1, 0.15) is 11.6 Å². The highest BCUT2D eigenvalue weighted by atomic mass is 19.1. The van der Waals surface area contributed by atoms with Crippen LogP contribution in [0.5, 0.6) is 0 Å². The molecule has 6 rings (SSSR count). The summed E-state index contributed by atoms with van der Waals surface area (Å²) in [5.41, 5.74) is 7.63.